The molecule has 0 saturated carbocycles. The molecule has 0 aromatic heterocycles. The molecule has 0 spiro atoms. The number of methoxy groups -OCH3 is 1. The van der Waals surface area contributed by atoms with Gasteiger partial charge in [0.25, 0.3) is 10.0 Å². The largest absolute Gasteiger partial charge is 0.495 e. The minimum atomic E-state index is -3.78. The molecule has 2 aromatic carbocycles. The van der Waals surface area contributed by atoms with E-state index in [1.807, 2.05) is 31.1 Å². The van der Waals surface area contributed by atoms with Crippen molar-refractivity contribution in [3.8, 4) is 5.75 Å². The van der Waals surface area contributed by atoms with E-state index in [4.69, 9.17) is 16.3 Å². The fourth-order valence-electron chi connectivity index (χ4n) is 1.90. The molecular weight excluding hydrogens is 324 g/mol. The Morgan fingerprint density at radius 1 is 1.09 bits per heavy atom. The summed E-state index contributed by atoms with van der Waals surface area (Å²) in [6.45, 7) is 0. The number of sulfonamides is 1. The molecule has 22 heavy (non-hydrogen) atoms. The van der Waals surface area contributed by atoms with Gasteiger partial charge in [-0.2, -0.15) is 0 Å². The van der Waals surface area contributed by atoms with Crippen molar-refractivity contribution in [1.82, 2.24) is 0 Å². The first kappa shape index (κ1) is 16.5. The number of hydrogen-bond acceptors (Lipinski definition) is 4. The zero-order valence-electron chi connectivity index (χ0n) is 12.5. The molecule has 0 amide bonds. The molecule has 0 heterocycles. The van der Waals surface area contributed by atoms with Gasteiger partial charge in [-0.25, -0.2) is 8.42 Å². The SMILES string of the molecule is COc1ccc(Cl)cc1S(=O)(=O)Nc1ccc(N(C)C)cc1. The summed E-state index contributed by atoms with van der Waals surface area (Å²) in [4.78, 5) is 1.93. The van der Waals surface area contributed by atoms with Gasteiger partial charge in [-0.1, -0.05) is 11.6 Å². The summed E-state index contributed by atoms with van der Waals surface area (Å²) in [6.07, 6.45) is 0. The van der Waals surface area contributed by atoms with Crippen molar-refractivity contribution in [3.05, 3.63) is 47.5 Å². The van der Waals surface area contributed by atoms with E-state index < -0.39 is 10.0 Å². The quantitative estimate of drug-likeness (QED) is 0.908. The van der Waals surface area contributed by atoms with Crippen LogP contribution in [-0.4, -0.2) is 29.6 Å². The number of halogens is 1. The molecule has 0 fully saturated rings. The lowest BCUT2D eigenvalue weighted by atomic mass is 10.3. The third kappa shape index (κ3) is 3.64. The molecule has 0 bridgehead atoms. The minimum Gasteiger partial charge on any atom is -0.495 e. The second kappa shape index (κ2) is 6.46. The molecule has 5 nitrogen and oxygen atoms in total. The summed E-state index contributed by atoms with van der Waals surface area (Å²) in [5.74, 6) is 0.238. The van der Waals surface area contributed by atoms with Gasteiger partial charge in [-0.15, -0.1) is 0 Å². The van der Waals surface area contributed by atoms with Crippen LogP contribution in [0, 0.1) is 0 Å². The predicted octanol–water partition coefficient (Wildman–Crippen LogP) is 3.22. The molecule has 0 atom stereocenters. The Kier molecular flexibility index (Phi) is 4.83. The fraction of sp³-hybridized carbons (Fsp3) is 0.200. The van der Waals surface area contributed by atoms with Crippen LogP contribution in [-0.2, 0) is 10.0 Å². The summed E-state index contributed by atoms with van der Waals surface area (Å²) in [7, 11) is 1.45. The number of nitrogens with one attached hydrogen (secondary N) is 1. The fourth-order valence-corrected chi connectivity index (χ4v) is 3.39. The van der Waals surface area contributed by atoms with Crippen LogP contribution < -0.4 is 14.4 Å². The highest BCUT2D eigenvalue weighted by Gasteiger charge is 2.20. The van der Waals surface area contributed by atoms with Crippen LogP contribution in [0.3, 0.4) is 0 Å². The Labute approximate surface area is 135 Å². The molecule has 0 radical (unpaired) electrons. The Morgan fingerprint density at radius 3 is 2.27 bits per heavy atom. The van der Waals surface area contributed by atoms with E-state index >= 15 is 0 Å². The third-order valence-electron chi connectivity index (χ3n) is 3.05. The lowest BCUT2D eigenvalue weighted by Gasteiger charge is -2.14. The number of hydrogen-bond donors (Lipinski definition) is 1. The van der Waals surface area contributed by atoms with Crippen LogP contribution in [0.5, 0.6) is 5.75 Å². The summed E-state index contributed by atoms with van der Waals surface area (Å²) < 4.78 is 32.6. The maximum atomic E-state index is 12.5. The van der Waals surface area contributed by atoms with Gasteiger partial charge in [0.2, 0.25) is 0 Å². The maximum absolute atomic E-state index is 12.5. The number of anilines is 2. The molecule has 2 aromatic rings. The van der Waals surface area contributed by atoms with Gasteiger partial charge < -0.3 is 9.64 Å². The van der Waals surface area contributed by atoms with Crippen molar-refractivity contribution in [2.24, 2.45) is 0 Å². The Balaban J connectivity index is 2.33. The summed E-state index contributed by atoms with van der Waals surface area (Å²) >= 11 is 5.89. The summed E-state index contributed by atoms with van der Waals surface area (Å²) in [6, 6.07) is 11.5. The van der Waals surface area contributed by atoms with Crippen molar-refractivity contribution in [2.45, 2.75) is 4.90 Å². The van der Waals surface area contributed by atoms with Crippen LogP contribution in [0.4, 0.5) is 11.4 Å². The van der Waals surface area contributed by atoms with Gasteiger partial charge in [-0.3, -0.25) is 4.72 Å². The number of ether oxygens (including phenoxy) is 1. The highest BCUT2D eigenvalue weighted by Crippen LogP contribution is 2.29. The number of benzene rings is 2. The number of nitrogens with zero attached hydrogens (tertiary/aromatic N) is 1. The molecule has 0 aliphatic rings. The van der Waals surface area contributed by atoms with E-state index in [9.17, 15) is 8.42 Å². The van der Waals surface area contributed by atoms with E-state index in [1.54, 1.807) is 18.2 Å². The molecule has 0 unspecified atom stereocenters. The molecule has 7 heteroatoms. The van der Waals surface area contributed by atoms with E-state index in [0.717, 1.165) is 5.69 Å². The monoisotopic (exact) mass is 340 g/mol. The molecule has 118 valence electrons. The van der Waals surface area contributed by atoms with Gasteiger partial charge in [0.1, 0.15) is 10.6 Å². The highest BCUT2D eigenvalue weighted by atomic mass is 35.5. The first-order valence-corrected chi connectivity index (χ1v) is 8.33. The van der Waals surface area contributed by atoms with Crippen LogP contribution in [0.25, 0.3) is 0 Å². The topological polar surface area (TPSA) is 58.6 Å². The van der Waals surface area contributed by atoms with Crippen molar-refractivity contribution in [1.29, 1.82) is 0 Å². The zero-order valence-corrected chi connectivity index (χ0v) is 14.1. The van der Waals surface area contributed by atoms with Crippen LogP contribution in [0.2, 0.25) is 5.02 Å². The van der Waals surface area contributed by atoms with Crippen LogP contribution in [0.1, 0.15) is 0 Å². The minimum absolute atomic E-state index is 0.000754. The Bertz CT molecular complexity index is 759. The average molecular weight is 341 g/mol. The van der Waals surface area contributed by atoms with Crippen LogP contribution >= 0.6 is 11.6 Å². The van der Waals surface area contributed by atoms with Gasteiger partial charge in [0.15, 0.2) is 0 Å². The van der Waals surface area contributed by atoms with Crippen molar-refractivity contribution in [3.63, 3.8) is 0 Å². The van der Waals surface area contributed by atoms with E-state index in [-0.39, 0.29) is 10.6 Å². The van der Waals surface area contributed by atoms with Gasteiger partial charge in [0, 0.05) is 30.5 Å². The standard InChI is InChI=1S/C15H17ClN2O3S/c1-18(2)13-7-5-12(6-8-13)17-22(19,20)15-10-11(16)4-9-14(15)21-3/h4-10,17H,1-3H3. The molecule has 1 N–H and O–H groups in total. The predicted molar refractivity (Wildman–Crippen MR) is 89.6 cm³/mol. The molecular formula is C15H17ClN2O3S. The van der Waals surface area contributed by atoms with E-state index in [2.05, 4.69) is 4.72 Å². The third-order valence-corrected chi connectivity index (χ3v) is 4.69. The molecule has 0 aliphatic carbocycles. The van der Waals surface area contributed by atoms with Gasteiger partial charge in [0.05, 0.1) is 7.11 Å². The second-order valence-corrected chi connectivity index (χ2v) is 6.93. The highest BCUT2D eigenvalue weighted by molar-refractivity contribution is 7.92. The van der Waals surface area contributed by atoms with E-state index in [0.29, 0.717) is 10.7 Å². The molecule has 0 aliphatic heterocycles. The smallest absolute Gasteiger partial charge is 0.265 e. The lowest BCUT2D eigenvalue weighted by molar-refractivity contribution is 0.403. The number of rotatable bonds is 5. The van der Waals surface area contributed by atoms with E-state index in [1.165, 1.54) is 19.2 Å². The Hall–Kier alpha value is -1.92. The summed E-state index contributed by atoms with van der Waals surface area (Å²) in [5.41, 5.74) is 1.44. The normalized spacial score (nSPS) is 11.1. The van der Waals surface area contributed by atoms with Crippen molar-refractivity contribution >= 4 is 33.0 Å². The second-order valence-electron chi connectivity index (χ2n) is 4.84. The average Bonchev–Trinajstić information content (AvgIpc) is 2.47. The summed E-state index contributed by atoms with van der Waals surface area (Å²) in [5, 5.41) is 0.323. The van der Waals surface area contributed by atoms with Gasteiger partial charge in [-0.05, 0) is 42.5 Å². The van der Waals surface area contributed by atoms with Crippen molar-refractivity contribution < 1.29 is 13.2 Å². The molecule has 2 rings (SSSR count). The van der Waals surface area contributed by atoms with Crippen molar-refractivity contribution in [2.75, 3.05) is 30.8 Å². The first-order chi connectivity index (χ1) is 10.3. The zero-order chi connectivity index (χ0) is 16.3. The molecule has 0 saturated heterocycles. The lowest BCUT2D eigenvalue weighted by Crippen LogP contribution is -2.14. The van der Waals surface area contributed by atoms with Gasteiger partial charge >= 0.3 is 0 Å². The first-order valence-electron chi connectivity index (χ1n) is 6.47. The Morgan fingerprint density at radius 2 is 1.73 bits per heavy atom. The van der Waals surface area contributed by atoms with Crippen LogP contribution in [0.15, 0.2) is 47.4 Å². The maximum Gasteiger partial charge on any atom is 0.265 e.